The Morgan fingerprint density at radius 3 is 2.67 bits per heavy atom. The van der Waals surface area contributed by atoms with Crippen molar-refractivity contribution in [3.05, 3.63) is 0 Å². The van der Waals surface area contributed by atoms with Crippen molar-refractivity contribution >= 4 is 23.6 Å². The number of thioether (sulfide) groups is 1. The highest BCUT2D eigenvalue weighted by molar-refractivity contribution is 7.99. The summed E-state index contributed by atoms with van der Waals surface area (Å²) in [6, 6.07) is 0.210. The average Bonchev–Trinajstić information content (AvgIpc) is 2.67. The minimum Gasteiger partial charge on any atom is -0.368 e. The van der Waals surface area contributed by atoms with Gasteiger partial charge in [0, 0.05) is 17.7 Å². The van der Waals surface area contributed by atoms with Crippen LogP contribution in [0, 0.1) is 0 Å². The zero-order chi connectivity index (χ0) is 13.7. The summed E-state index contributed by atoms with van der Waals surface area (Å²) >= 11 is 1.56. The maximum Gasteiger partial charge on any atom is 0.233 e. The Morgan fingerprint density at radius 2 is 2.11 bits per heavy atom. The van der Waals surface area contributed by atoms with Crippen LogP contribution in [0.2, 0.25) is 0 Å². The van der Waals surface area contributed by atoms with Gasteiger partial charge in [0.2, 0.25) is 11.9 Å². The summed E-state index contributed by atoms with van der Waals surface area (Å²) in [7, 11) is 0. The van der Waals surface area contributed by atoms with Crippen LogP contribution in [-0.4, -0.2) is 25.9 Å². The molecule has 1 heterocycles. The van der Waals surface area contributed by atoms with E-state index >= 15 is 0 Å². The molecule has 1 amide bonds. The van der Waals surface area contributed by atoms with E-state index < -0.39 is 0 Å². The van der Waals surface area contributed by atoms with E-state index in [0.717, 1.165) is 11.6 Å². The van der Waals surface area contributed by atoms with E-state index in [0.29, 0.717) is 12.4 Å². The highest BCUT2D eigenvalue weighted by Crippen LogP contribution is 2.28. The molecule has 1 rings (SSSR count). The lowest BCUT2D eigenvalue weighted by atomic mass is 10.2. The molecule has 0 aliphatic rings. The van der Waals surface area contributed by atoms with E-state index in [-0.39, 0.29) is 17.2 Å². The van der Waals surface area contributed by atoms with Crippen LogP contribution >= 0.6 is 11.8 Å². The van der Waals surface area contributed by atoms with E-state index in [4.69, 9.17) is 11.6 Å². The number of carbonyl (C=O) groups excluding carboxylic acids is 1. The van der Waals surface area contributed by atoms with E-state index in [9.17, 15) is 4.79 Å². The number of anilines is 1. The number of rotatable bonds is 6. The van der Waals surface area contributed by atoms with Gasteiger partial charge in [-0.2, -0.15) is 0 Å². The molecule has 7 nitrogen and oxygen atoms in total. The van der Waals surface area contributed by atoms with Gasteiger partial charge in [-0.25, -0.2) is 5.84 Å². The maximum absolute atomic E-state index is 11.0. The monoisotopic (exact) mass is 272 g/mol. The minimum absolute atomic E-state index is 0.160. The third kappa shape index (κ3) is 3.88. The molecule has 0 saturated heterocycles. The third-order valence-electron chi connectivity index (χ3n) is 2.45. The van der Waals surface area contributed by atoms with Crippen molar-refractivity contribution in [3.63, 3.8) is 0 Å². The predicted molar refractivity (Wildman–Crippen MR) is 71.7 cm³/mol. The molecule has 0 spiro atoms. The van der Waals surface area contributed by atoms with Crippen molar-refractivity contribution < 1.29 is 4.79 Å². The van der Waals surface area contributed by atoms with Gasteiger partial charge in [-0.15, -0.1) is 10.2 Å². The van der Waals surface area contributed by atoms with E-state index in [1.54, 1.807) is 11.8 Å². The molecule has 0 saturated carbocycles. The SMILES string of the molecule is CC(CCC(=O)NN)Sc1nnc(N)n1C(C)C. The molecule has 0 aliphatic heterocycles. The van der Waals surface area contributed by atoms with Crippen LogP contribution in [0.5, 0.6) is 0 Å². The number of aromatic nitrogens is 3. The topological polar surface area (TPSA) is 112 Å². The summed E-state index contributed by atoms with van der Waals surface area (Å²) in [5, 5.41) is 8.94. The van der Waals surface area contributed by atoms with Crippen LogP contribution < -0.4 is 17.0 Å². The van der Waals surface area contributed by atoms with E-state index in [1.165, 1.54) is 0 Å². The number of nitrogens with two attached hydrogens (primary N) is 2. The molecule has 0 bridgehead atoms. The Hall–Kier alpha value is -1.28. The number of nitrogens with one attached hydrogen (secondary N) is 1. The van der Waals surface area contributed by atoms with Gasteiger partial charge in [0.1, 0.15) is 0 Å². The molecule has 1 atom stereocenters. The number of hydrogen-bond acceptors (Lipinski definition) is 6. The van der Waals surface area contributed by atoms with Gasteiger partial charge < -0.3 is 5.73 Å². The summed E-state index contributed by atoms with van der Waals surface area (Å²) in [5.41, 5.74) is 7.87. The smallest absolute Gasteiger partial charge is 0.233 e. The molecule has 1 aromatic heterocycles. The fraction of sp³-hybridized carbons (Fsp3) is 0.700. The van der Waals surface area contributed by atoms with Crippen LogP contribution in [0.15, 0.2) is 5.16 Å². The fourth-order valence-corrected chi connectivity index (χ4v) is 2.60. The summed E-state index contributed by atoms with van der Waals surface area (Å²) in [4.78, 5) is 11.0. The van der Waals surface area contributed by atoms with Gasteiger partial charge in [-0.05, 0) is 20.3 Å². The molecule has 0 aliphatic carbocycles. The molecular weight excluding hydrogens is 252 g/mol. The predicted octanol–water partition coefficient (Wildman–Crippen LogP) is 0.692. The van der Waals surface area contributed by atoms with Gasteiger partial charge in [-0.3, -0.25) is 14.8 Å². The van der Waals surface area contributed by atoms with Crippen molar-refractivity contribution in [2.75, 3.05) is 5.73 Å². The van der Waals surface area contributed by atoms with E-state index in [1.807, 2.05) is 25.3 Å². The largest absolute Gasteiger partial charge is 0.368 e. The first-order valence-corrected chi connectivity index (χ1v) is 6.70. The van der Waals surface area contributed by atoms with Crippen LogP contribution in [0.3, 0.4) is 0 Å². The quantitative estimate of drug-likeness (QED) is 0.304. The molecule has 0 aromatic carbocycles. The molecule has 8 heteroatoms. The third-order valence-corrected chi connectivity index (χ3v) is 3.58. The Bertz CT molecular complexity index is 405. The normalized spacial score (nSPS) is 12.7. The van der Waals surface area contributed by atoms with Gasteiger partial charge >= 0.3 is 0 Å². The second-order valence-corrected chi connectivity index (χ2v) is 5.74. The summed E-state index contributed by atoms with van der Waals surface area (Å²) in [6.45, 7) is 6.08. The molecule has 5 N–H and O–H groups in total. The van der Waals surface area contributed by atoms with Crippen LogP contribution in [-0.2, 0) is 4.79 Å². The van der Waals surface area contributed by atoms with Crippen molar-refractivity contribution in [1.82, 2.24) is 20.2 Å². The van der Waals surface area contributed by atoms with Crippen molar-refractivity contribution in [2.45, 2.75) is 50.1 Å². The van der Waals surface area contributed by atoms with Gasteiger partial charge in [0.25, 0.3) is 0 Å². The minimum atomic E-state index is -0.160. The Labute approximate surface area is 111 Å². The number of carbonyl (C=O) groups is 1. The first-order valence-electron chi connectivity index (χ1n) is 5.82. The van der Waals surface area contributed by atoms with Crippen LogP contribution in [0.1, 0.15) is 39.7 Å². The number of hydrogen-bond donors (Lipinski definition) is 3. The first kappa shape index (κ1) is 14.8. The number of nitrogen functional groups attached to an aromatic ring is 1. The second kappa shape index (κ2) is 6.60. The Balaban J connectivity index is 2.59. The zero-order valence-electron chi connectivity index (χ0n) is 10.9. The van der Waals surface area contributed by atoms with Crippen LogP contribution in [0.25, 0.3) is 0 Å². The lowest BCUT2D eigenvalue weighted by molar-refractivity contribution is -0.121. The molecule has 102 valence electrons. The van der Waals surface area contributed by atoms with E-state index in [2.05, 4.69) is 15.6 Å². The lowest BCUT2D eigenvalue weighted by Gasteiger charge is -2.14. The fourth-order valence-electron chi connectivity index (χ4n) is 1.50. The summed E-state index contributed by atoms with van der Waals surface area (Å²) < 4.78 is 1.88. The Morgan fingerprint density at radius 1 is 1.44 bits per heavy atom. The van der Waals surface area contributed by atoms with Gasteiger partial charge in [0.05, 0.1) is 0 Å². The van der Waals surface area contributed by atoms with Gasteiger partial charge in [-0.1, -0.05) is 18.7 Å². The van der Waals surface area contributed by atoms with Crippen LogP contribution in [0.4, 0.5) is 5.95 Å². The molecule has 18 heavy (non-hydrogen) atoms. The maximum atomic E-state index is 11.0. The highest BCUT2D eigenvalue weighted by atomic mass is 32.2. The molecule has 0 fully saturated rings. The summed E-state index contributed by atoms with van der Waals surface area (Å²) in [6.07, 6.45) is 1.12. The highest BCUT2D eigenvalue weighted by Gasteiger charge is 2.16. The van der Waals surface area contributed by atoms with Gasteiger partial charge in [0.15, 0.2) is 5.16 Å². The number of hydrazine groups is 1. The number of amides is 1. The molecule has 1 unspecified atom stereocenters. The standard InChI is InChI=1S/C10H20N6OS/c1-6(2)16-9(11)14-15-10(16)18-7(3)4-5-8(17)13-12/h6-7H,4-5,12H2,1-3H3,(H2,11,14)(H,13,17). The number of nitrogens with zero attached hydrogens (tertiary/aromatic N) is 3. The second-order valence-electron chi connectivity index (χ2n) is 4.34. The summed E-state index contributed by atoms with van der Waals surface area (Å²) in [5.74, 6) is 5.28. The lowest BCUT2D eigenvalue weighted by Crippen LogP contribution is -2.30. The average molecular weight is 272 g/mol. The zero-order valence-corrected chi connectivity index (χ0v) is 11.7. The first-order chi connectivity index (χ1) is 8.45. The molecular formula is C10H20N6OS. The van der Waals surface area contributed by atoms with Crippen molar-refractivity contribution in [3.8, 4) is 0 Å². The Kier molecular flexibility index (Phi) is 5.42. The van der Waals surface area contributed by atoms with Crippen molar-refractivity contribution in [2.24, 2.45) is 5.84 Å². The van der Waals surface area contributed by atoms with Crippen molar-refractivity contribution in [1.29, 1.82) is 0 Å². The molecule has 1 aromatic rings. The molecule has 0 radical (unpaired) electrons.